The summed E-state index contributed by atoms with van der Waals surface area (Å²) in [5, 5.41) is 0. The zero-order chi connectivity index (χ0) is 28.6. The molecule has 234 valence electrons. The van der Waals surface area contributed by atoms with Crippen molar-refractivity contribution in [1.29, 1.82) is 0 Å². The predicted molar refractivity (Wildman–Crippen MR) is 177 cm³/mol. The van der Waals surface area contributed by atoms with E-state index in [1.807, 2.05) is 0 Å². The lowest BCUT2D eigenvalue weighted by Gasteiger charge is -2.41. The van der Waals surface area contributed by atoms with Crippen LogP contribution in [0.3, 0.4) is 0 Å². The van der Waals surface area contributed by atoms with Crippen molar-refractivity contribution in [2.24, 2.45) is 17.8 Å². The fraction of sp³-hybridized carbons (Fsp3) is 1.00. The second-order valence-electron chi connectivity index (χ2n) is 13.4. The van der Waals surface area contributed by atoms with Crippen molar-refractivity contribution in [2.45, 2.75) is 157 Å². The summed E-state index contributed by atoms with van der Waals surface area (Å²) in [6, 6.07) is 0. The SMILES string of the molecule is CCCCCN(CCCC)CC1CC(CN(CCCC)CCCCC)CC(CN(CCCC)CCCCC)C1. The maximum absolute atomic E-state index is 2.88. The minimum Gasteiger partial charge on any atom is -0.303 e. The maximum atomic E-state index is 2.88. The molecule has 1 aliphatic carbocycles. The van der Waals surface area contributed by atoms with Gasteiger partial charge in [-0.2, -0.15) is 0 Å². The molecule has 0 bridgehead atoms. The Morgan fingerprint density at radius 1 is 0.333 bits per heavy atom. The Labute approximate surface area is 248 Å². The normalized spacial score (nSPS) is 20.1. The van der Waals surface area contributed by atoms with Crippen LogP contribution in [-0.2, 0) is 0 Å². The van der Waals surface area contributed by atoms with Crippen molar-refractivity contribution >= 4 is 0 Å². The van der Waals surface area contributed by atoms with Crippen molar-refractivity contribution in [1.82, 2.24) is 14.7 Å². The molecule has 0 heterocycles. The third-order valence-electron chi connectivity index (χ3n) is 9.27. The topological polar surface area (TPSA) is 9.72 Å². The highest BCUT2D eigenvalue weighted by atomic mass is 15.1. The number of hydrogen-bond acceptors (Lipinski definition) is 3. The fourth-order valence-corrected chi connectivity index (χ4v) is 7.03. The zero-order valence-corrected chi connectivity index (χ0v) is 28.2. The Morgan fingerprint density at radius 2 is 0.564 bits per heavy atom. The Morgan fingerprint density at radius 3 is 0.795 bits per heavy atom. The molecule has 0 aromatic carbocycles. The summed E-state index contributed by atoms with van der Waals surface area (Å²) in [4.78, 5) is 8.65. The van der Waals surface area contributed by atoms with E-state index in [1.54, 1.807) is 0 Å². The van der Waals surface area contributed by atoms with E-state index in [1.165, 1.54) is 174 Å². The van der Waals surface area contributed by atoms with Gasteiger partial charge in [-0.25, -0.2) is 0 Å². The molecule has 0 aliphatic heterocycles. The first-order valence-electron chi connectivity index (χ1n) is 18.3. The van der Waals surface area contributed by atoms with Gasteiger partial charge in [0.1, 0.15) is 0 Å². The molecule has 0 unspecified atom stereocenters. The van der Waals surface area contributed by atoms with Gasteiger partial charge in [0.2, 0.25) is 0 Å². The first-order chi connectivity index (χ1) is 19.1. The van der Waals surface area contributed by atoms with Crippen LogP contribution < -0.4 is 0 Å². The summed E-state index contributed by atoms with van der Waals surface area (Å²) in [5.74, 6) is 2.71. The summed E-state index contributed by atoms with van der Waals surface area (Å²) in [6.07, 6.45) is 24.9. The molecule has 0 atom stereocenters. The second kappa shape index (κ2) is 25.6. The largest absolute Gasteiger partial charge is 0.303 e. The molecule has 0 amide bonds. The zero-order valence-electron chi connectivity index (χ0n) is 28.2. The van der Waals surface area contributed by atoms with Crippen LogP contribution in [0.2, 0.25) is 0 Å². The van der Waals surface area contributed by atoms with Crippen molar-refractivity contribution in [3.63, 3.8) is 0 Å². The van der Waals surface area contributed by atoms with Crippen LogP contribution in [-0.4, -0.2) is 73.6 Å². The van der Waals surface area contributed by atoms with Gasteiger partial charge in [0.15, 0.2) is 0 Å². The molecule has 0 N–H and O–H groups in total. The molecule has 1 rings (SSSR count). The number of nitrogens with zero attached hydrogens (tertiary/aromatic N) is 3. The lowest BCUT2D eigenvalue weighted by molar-refractivity contribution is 0.0876. The summed E-state index contributed by atoms with van der Waals surface area (Å²) in [5.41, 5.74) is 0. The molecule has 1 aliphatic rings. The highest BCUT2D eigenvalue weighted by molar-refractivity contribution is 4.85. The molecule has 3 heteroatoms. The van der Waals surface area contributed by atoms with E-state index in [0.29, 0.717) is 0 Å². The highest BCUT2D eigenvalue weighted by Gasteiger charge is 2.31. The van der Waals surface area contributed by atoms with Gasteiger partial charge in [0.05, 0.1) is 0 Å². The first-order valence-corrected chi connectivity index (χ1v) is 18.3. The van der Waals surface area contributed by atoms with Crippen molar-refractivity contribution in [3.05, 3.63) is 0 Å². The van der Waals surface area contributed by atoms with Crippen LogP contribution in [0.4, 0.5) is 0 Å². The van der Waals surface area contributed by atoms with Crippen molar-refractivity contribution < 1.29 is 0 Å². The molecular weight excluding hydrogens is 474 g/mol. The summed E-state index contributed by atoms with van der Waals surface area (Å²) in [6.45, 7) is 26.2. The van der Waals surface area contributed by atoms with Gasteiger partial charge in [-0.3, -0.25) is 0 Å². The Balaban J connectivity index is 2.96. The third kappa shape index (κ3) is 18.8. The van der Waals surface area contributed by atoms with Gasteiger partial charge in [-0.05, 0) is 115 Å². The minimum absolute atomic E-state index is 0.902. The van der Waals surface area contributed by atoms with Gasteiger partial charge in [-0.1, -0.05) is 99.3 Å². The van der Waals surface area contributed by atoms with E-state index in [-0.39, 0.29) is 0 Å². The van der Waals surface area contributed by atoms with E-state index in [0.717, 1.165) is 17.8 Å². The molecular formula is C36H75N3. The molecule has 3 nitrogen and oxygen atoms in total. The first kappa shape index (κ1) is 36.9. The molecule has 0 saturated heterocycles. The number of unbranched alkanes of at least 4 members (excludes halogenated alkanes) is 9. The summed E-state index contributed by atoms with van der Waals surface area (Å²) < 4.78 is 0. The second-order valence-corrected chi connectivity index (χ2v) is 13.4. The van der Waals surface area contributed by atoms with Gasteiger partial charge in [0, 0.05) is 19.6 Å². The highest BCUT2D eigenvalue weighted by Crippen LogP contribution is 2.35. The van der Waals surface area contributed by atoms with Crippen molar-refractivity contribution in [3.8, 4) is 0 Å². The Hall–Kier alpha value is -0.120. The maximum Gasteiger partial charge on any atom is 0.000988 e. The lowest BCUT2D eigenvalue weighted by Crippen LogP contribution is -2.42. The van der Waals surface area contributed by atoms with E-state index in [2.05, 4.69) is 56.2 Å². The number of rotatable bonds is 27. The van der Waals surface area contributed by atoms with Crippen LogP contribution in [0.1, 0.15) is 157 Å². The minimum atomic E-state index is 0.902. The van der Waals surface area contributed by atoms with Gasteiger partial charge >= 0.3 is 0 Å². The van der Waals surface area contributed by atoms with Gasteiger partial charge in [-0.15, -0.1) is 0 Å². The smallest absolute Gasteiger partial charge is 0.000988 e. The molecule has 0 spiro atoms. The van der Waals surface area contributed by atoms with Gasteiger partial charge < -0.3 is 14.7 Å². The number of hydrogen-bond donors (Lipinski definition) is 0. The summed E-state index contributed by atoms with van der Waals surface area (Å²) >= 11 is 0. The lowest BCUT2D eigenvalue weighted by atomic mass is 9.74. The predicted octanol–water partition coefficient (Wildman–Crippen LogP) is 9.90. The van der Waals surface area contributed by atoms with Crippen LogP contribution in [0.5, 0.6) is 0 Å². The van der Waals surface area contributed by atoms with Gasteiger partial charge in [0.25, 0.3) is 0 Å². The standard InChI is InChI=1S/C36H75N3/c1-7-13-19-25-37(22-16-10-4)31-34-28-35(32-38(23-17-11-5)26-20-14-8-2)30-36(29-34)33-39(24-18-12-6)27-21-15-9-3/h34-36H,7-33H2,1-6H3. The summed E-state index contributed by atoms with van der Waals surface area (Å²) in [7, 11) is 0. The quantitative estimate of drug-likeness (QED) is 0.0944. The molecule has 0 aromatic rings. The molecule has 0 aromatic heterocycles. The fourth-order valence-electron chi connectivity index (χ4n) is 7.03. The molecule has 1 fully saturated rings. The average Bonchev–Trinajstić information content (AvgIpc) is 2.93. The van der Waals surface area contributed by atoms with E-state index in [4.69, 9.17) is 0 Å². The van der Waals surface area contributed by atoms with E-state index < -0.39 is 0 Å². The Bertz CT molecular complexity index is 432. The molecule has 1 saturated carbocycles. The molecule has 39 heavy (non-hydrogen) atoms. The Kier molecular flexibility index (Phi) is 24.2. The van der Waals surface area contributed by atoms with Crippen LogP contribution in [0.25, 0.3) is 0 Å². The van der Waals surface area contributed by atoms with E-state index >= 15 is 0 Å². The molecule has 0 radical (unpaired) electrons. The van der Waals surface area contributed by atoms with Crippen molar-refractivity contribution in [2.75, 3.05) is 58.9 Å². The van der Waals surface area contributed by atoms with E-state index in [9.17, 15) is 0 Å². The van der Waals surface area contributed by atoms with Crippen LogP contribution >= 0.6 is 0 Å². The van der Waals surface area contributed by atoms with Crippen LogP contribution in [0, 0.1) is 17.8 Å². The average molecular weight is 550 g/mol. The third-order valence-corrected chi connectivity index (χ3v) is 9.27. The van der Waals surface area contributed by atoms with Crippen LogP contribution in [0.15, 0.2) is 0 Å². The monoisotopic (exact) mass is 550 g/mol.